The Kier molecular flexibility index (Phi) is 5.66. The summed E-state index contributed by atoms with van der Waals surface area (Å²) in [5, 5.41) is 12.2. The Labute approximate surface area is 174 Å². The molecule has 0 fully saturated rings. The highest BCUT2D eigenvalue weighted by Gasteiger charge is 2.32. The van der Waals surface area contributed by atoms with Crippen molar-refractivity contribution in [3.05, 3.63) is 59.0 Å². The first kappa shape index (κ1) is 22.1. The number of ether oxygens (including phenoxy) is 1. The van der Waals surface area contributed by atoms with Gasteiger partial charge in [-0.15, -0.1) is 13.2 Å². The van der Waals surface area contributed by atoms with Gasteiger partial charge in [-0.2, -0.15) is 0 Å². The first-order valence-electron chi connectivity index (χ1n) is 9.10. The van der Waals surface area contributed by atoms with E-state index in [-0.39, 0.29) is 27.7 Å². The Morgan fingerprint density at radius 3 is 2.29 bits per heavy atom. The number of halogens is 4. The maximum atomic E-state index is 14.8. The van der Waals surface area contributed by atoms with E-state index in [4.69, 9.17) is 0 Å². The molecule has 1 heterocycles. The van der Waals surface area contributed by atoms with E-state index in [0.29, 0.717) is 0 Å². The summed E-state index contributed by atoms with van der Waals surface area (Å²) >= 11 is 0. The number of nitrogens with one attached hydrogen (secondary N) is 1. The molecular formula is C21H18F4N2O4. The summed E-state index contributed by atoms with van der Waals surface area (Å²) in [6.07, 6.45) is -4.87. The zero-order chi connectivity index (χ0) is 23.1. The van der Waals surface area contributed by atoms with Crippen LogP contribution in [-0.4, -0.2) is 34.9 Å². The summed E-state index contributed by atoms with van der Waals surface area (Å²) in [7, 11) is 1.41. The van der Waals surface area contributed by atoms with E-state index in [1.807, 2.05) is 0 Å². The molecule has 2 aromatic carbocycles. The predicted molar refractivity (Wildman–Crippen MR) is 104 cm³/mol. The number of likely N-dealkylation sites (N-methyl/N-ethyl adjacent to an activating group) is 1. The van der Waals surface area contributed by atoms with Gasteiger partial charge in [0, 0.05) is 23.7 Å². The van der Waals surface area contributed by atoms with Crippen LogP contribution in [0, 0.1) is 12.7 Å². The largest absolute Gasteiger partial charge is 0.573 e. The molecule has 10 heteroatoms. The van der Waals surface area contributed by atoms with Crippen LogP contribution >= 0.6 is 0 Å². The quantitative estimate of drug-likeness (QED) is 0.598. The van der Waals surface area contributed by atoms with Crippen molar-refractivity contribution in [1.29, 1.82) is 0 Å². The van der Waals surface area contributed by atoms with Crippen LogP contribution < -0.4 is 10.1 Å². The number of benzene rings is 2. The third kappa shape index (κ3) is 4.05. The third-order valence-corrected chi connectivity index (χ3v) is 4.95. The number of carbonyl (C=O) groups is 2. The van der Waals surface area contributed by atoms with Crippen LogP contribution in [0.1, 0.15) is 34.5 Å². The van der Waals surface area contributed by atoms with E-state index in [2.05, 4.69) is 10.1 Å². The first-order valence-corrected chi connectivity index (χ1v) is 9.10. The molecule has 3 aromatic rings. The summed E-state index contributed by atoms with van der Waals surface area (Å²) in [5.74, 6) is -4.04. The van der Waals surface area contributed by atoms with E-state index in [1.165, 1.54) is 27.0 Å². The van der Waals surface area contributed by atoms with Crippen molar-refractivity contribution in [1.82, 2.24) is 9.88 Å². The molecule has 0 spiro atoms. The number of alkyl halides is 3. The lowest BCUT2D eigenvalue weighted by Crippen LogP contribution is -2.24. The number of phenolic OH excluding ortho intramolecular Hbond substituents is 1. The zero-order valence-electron chi connectivity index (χ0n) is 16.7. The molecule has 1 atom stereocenters. The van der Waals surface area contributed by atoms with E-state index in [0.717, 1.165) is 34.9 Å². The van der Waals surface area contributed by atoms with Crippen LogP contribution in [0.4, 0.5) is 17.6 Å². The fraction of sp³-hybridized carbons (Fsp3) is 0.238. The number of fused-ring (bicyclic) bond motifs is 1. The number of hydrogen-bond donors (Lipinski definition) is 2. The lowest BCUT2D eigenvalue weighted by atomic mass is 9.96. The van der Waals surface area contributed by atoms with Gasteiger partial charge in [-0.3, -0.25) is 14.2 Å². The van der Waals surface area contributed by atoms with Gasteiger partial charge in [0.1, 0.15) is 5.75 Å². The smallest absolute Gasteiger partial charge is 0.505 e. The highest BCUT2D eigenvalue weighted by atomic mass is 19.4. The van der Waals surface area contributed by atoms with Crippen LogP contribution in [0.15, 0.2) is 36.4 Å². The van der Waals surface area contributed by atoms with Gasteiger partial charge in [-0.05, 0) is 55.8 Å². The van der Waals surface area contributed by atoms with E-state index < -0.39 is 41.4 Å². The van der Waals surface area contributed by atoms with E-state index >= 15 is 0 Å². The van der Waals surface area contributed by atoms with Crippen LogP contribution in [0.5, 0.6) is 11.5 Å². The minimum absolute atomic E-state index is 0.0159. The maximum Gasteiger partial charge on any atom is 0.573 e. The highest BCUT2D eigenvalue weighted by molar-refractivity contribution is 6.05. The standard InChI is InChI=1S/C21H18F4N2O4/c1-10(19(29)26-3)16-11(2)27(14-8-9-15(28)18(22)17(14)16)20(30)12-4-6-13(7-5-12)31-21(23,24)25/h4-10,28H,1-3H3,(H,26,29)/t10-/m1/s1. The normalized spacial score (nSPS) is 12.6. The number of rotatable bonds is 4. The van der Waals surface area contributed by atoms with Crippen LogP contribution in [0.3, 0.4) is 0 Å². The van der Waals surface area contributed by atoms with Crippen molar-refractivity contribution < 1.29 is 37.0 Å². The molecule has 0 saturated heterocycles. The van der Waals surface area contributed by atoms with Gasteiger partial charge < -0.3 is 15.2 Å². The molecule has 1 amide bonds. The molecule has 164 valence electrons. The van der Waals surface area contributed by atoms with Gasteiger partial charge in [0.25, 0.3) is 5.91 Å². The van der Waals surface area contributed by atoms with E-state index in [1.54, 1.807) is 0 Å². The summed E-state index contributed by atoms with van der Waals surface area (Å²) in [6, 6.07) is 6.68. The number of aromatic hydroxyl groups is 1. The van der Waals surface area contributed by atoms with Crippen LogP contribution in [0.2, 0.25) is 0 Å². The molecule has 0 unspecified atom stereocenters. The summed E-state index contributed by atoms with van der Waals surface area (Å²) in [6.45, 7) is 3.05. The van der Waals surface area contributed by atoms with Crippen molar-refractivity contribution in [3.8, 4) is 11.5 Å². The van der Waals surface area contributed by atoms with Crippen molar-refractivity contribution >= 4 is 22.7 Å². The number of hydrogen-bond acceptors (Lipinski definition) is 4. The lowest BCUT2D eigenvalue weighted by Gasteiger charge is -2.12. The molecule has 31 heavy (non-hydrogen) atoms. The Morgan fingerprint density at radius 1 is 1.13 bits per heavy atom. The molecule has 0 aliphatic carbocycles. The van der Waals surface area contributed by atoms with Crippen molar-refractivity contribution in [2.45, 2.75) is 26.1 Å². The summed E-state index contributed by atoms with van der Waals surface area (Å²) in [5.41, 5.74) is 0.602. The minimum Gasteiger partial charge on any atom is -0.505 e. The zero-order valence-corrected chi connectivity index (χ0v) is 16.7. The average Bonchev–Trinajstić information content (AvgIpc) is 3.01. The number of nitrogens with zero attached hydrogens (tertiary/aromatic N) is 1. The monoisotopic (exact) mass is 438 g/mol. The highest BCUT2D eigenvalue weighted by Crippen LogP contribution is 2.37. The molecular weight excluding hydrogens is 420 g/mol. The maximum absolute atomic E-state index is 14.8. The predicted octanol–water partition coefficient (Wildman–Crippen LogP) is 4.23. The number of carbonyl (C=O) groups excluding carboxylic acids is 2. The first-order chi connectivity index (χ1) is 14.5. The van der Waals surface area contributed by atoms with Gasteiger partial charge in [0.15, 0.2) is 11.6 Å². The second-order valence-corrected chi connectivity index (χ2v) is 6.84. The molecule has 0 radical (unpaired) electrons. The van der Waals surface area contributed by atoms with Gasteiger partial charge in [0.2, 0.25) is 5.91 Å². The fourth-order valence-electron chi connectivity index (χ4n) is 3.55. The Hall–Kier alpha value is -3.56. The van der Waals surface area contributed by atoms with Gasteiger partial charge >= 0.3 is 6.36 Å². The molecule has 0 aliphatic heterocycles. The second-order valence-electron chi connectivity index (χ2n) is 6.84. The molecule has 2 N–H and O–H groups in total. The summed E-state index contributed by atoms with van der Waals surface area (Å²) in [4.78, 5) is 25.4. The number of phenols is 1. The Bertz CT molecular complexity index is 1170. The topological polar surface area (TPSA) is 80.6 Å². The lowest BCUT2D eigenvalue weighted by molar-refractivity contribution is -0.274. The SMILES string of the molecule is CNC(=O)[C@H](C)c1c(C)n(C(=O)c2ccc(OC(F)(F)F)cc2)c2ccc(O)c(F)c12. The van der Waals surface area contributed by atoms with Crippen molar-refractivity contribution in [3.63, 3.8) is 0 Å². The van der Waals surface area contributed by atoms with Gasteiger partial charge in [-0.25, -0.2) is 4.39 Å². The molecule has 6 nitrogen and oxygen atoms in total. The van der Waals surface area contributed by atoms with Crippen molar-refractivity contribution in [2.24, 2.45) is 0 Å². The fourth-order valence-corrected chi connectivity index (χ4v) is 3.55. The molecule has 0 aliphatic rings. The van der Waals surface area contributed by atoms with Crippen molar-refractivity contribution in [2.75, 3.05) is 7.05 Å². The Morgan fingerprint density at radius 2 is 1.74 bits per heavy atom. The van der Waals surface area contributed by atoms with E-state index in [9.17, 15) is 32.3 Å². The minimum atomic E-state index is -4.87. The average molecular weight is 438 g/mol. The van der Waals surface area contributed by atoms with Gasteiger partial charge in [0.05, 0.1) is 11.4 Å². The second kappa shape index (κ2) is 7.93. The molecule has 0 saturated carbocycles. The molecule has 1 aromatic heterocycles. The third-order valence-electron chi connectivity index (χ3n) is 4.95. The number of amides is 1. The van der Waals surface area contributed by atoms with Crippen LogP contribution in [0.25, 0.3) is 10.9 Å². The molecule has 3 rings (SSSR count). The Balaban J connectivity index is 2.16. The molecule has 0 bridgehead atoms. The summed E-state index contributed by atoms with van der Waals surface area (Å²) < 4.78 is 56.8. The van der Waals surface area contributed by atoms with Gasteiger partial charge in [-0.1, -0.05) is 0 Å². The number of aromatic nitrogens is 1. The van der Waals surface area contributed by atoms with Crippen LogP contribution in [-0.2, 0) is 4.79 Å².